The standard InChI is InChI=1S/C16H17BrN4O2/c17-11-3-1-4-12(9-11)20-15(22)14-6-7-18-16(21-14)19-10-13-5-2-8-23-13/h1,3-4,6-7,9,13H,2,5,8,10H2,(H,20,22)(H,18,19,21). The molecule has 2 N–H and O–H groups in total. The van der Waals surface area contributed by atoms with Gasteiger partial charge in [-0.1, -0.05) is 22.0 Å². The molecule has 1 saturated heterocycles. The molecule has 1 aliphatic rings. The van der Waals surface area contributed by atoms with Crippen molar-refractivity contribution in [2.75, 3.05) is 23.8 Å². The number of hydrogen-bond acceptors (Lipinski definition) is 5. The third-order valence-electron chi connectivity index (χ3n) is 3.48. The summed E-state index contributed by atoms with van der Waals surface area (Å²) in [5.74, 6) is 0.160. The summed E-state index contributed by atoms with van der Waals surface area (Å²) in [7, 11) is 0. The van der Waals surface area contributed by atoms with E-state index in [0.29, 0.717) is 23.9 Å². The van der Waals surface area contributed by atoms with Gasteiger partial charge in [0, 0.05) is 29.5 Å². The van der Waals surface area contributed by atoms with Gasteiger partial charge in [-0.05, 0) is 37.1 Å². The SMILES string of the molecule is O=C(Nc1cccc(Br)c1)c1ccnc(NCC2CCCO2)n1. The first-order valence-corrected chi connectivity index (χ1v) is 8.25. The molecule has 0 spiro atoms. The molecule has 1 aromatic heterocycles. The molecular weight excluding hydrogens is 360 g/mol. The Labute approximate surface area is 142 Å². The van der Waals surface area contributed by atoms with E-state index < -0.39 is 0 Å². The highest BCUT2D eigenvalue weighted by molar-refractivity contribution is 9.10. The van der Waals surface area contributed by atoms with Crippen molar-refractivity contribution in [2.24, 2.45) is 0 Å². The summed E-state index contributed by atoms with van der Waals surface area (Å²) in [5.41, 5.74) is 1.02. The lowest BCUT2D eigenvalue weighted by atomic mass is 10.2. The van der Waals surface area contributed by atoms with E-state index >= 15 is 0 Å². The molecule has 23 heavy (non-hydrogen) atoms. The number of amides is 1. The maximum absolute atomic E-state index is 12.3. The fourth-order valence-corrected chi connectivity index (χ4v) is 2.74. The van der Waals surface area contributed by atoms with E-state index in [1.54, 1.807) is 12.3 Å². The second kappa shape index (κ2) is 7.52. The van der Waals surface area contributed by atoms with Gasteiger partial charge >= 0.3 is 0 Å². The summed E-state index contributed by atoms with van der Waals surface area (Å²) in [6, 6.07) is 8.99. The third-order valence-corrected chi connectivity index (χ3v) is 3.98. The first-order valence-electron chi connectivity index (χ1n) is 7.46. The lowest BCUT2D eigenvalue weighted by molar-refractivity contribution is 0.102. The first kappa shape index (κ1) is 15.9. The van der Waals surface area contributed by atoms with Crippen LogP contribution in [0.25, 0.3) is 0 Å². The van der Waals surface area contributed by atoms with Crippen molar-refractivity contribution < 1.29 is 9.53 Å². The number of benzene rings is 1. The first-order chi connectivity index (χ1) is 11.2. The summed E-state index contributed by atoms with van der Waals surface area (Å²) in [6.07, 6.45) is 3.89. The molecule has 2 aromatic rings. The zero-order valence-electron chi connectivity index (χ0n) is 12.5. The van der Waals surface area contributed by atoms with Gasteiger partial charge in [-0.15, -0.1) is 0 Å². The van der Waals surface area contributed by atoms with E-state index in [2.05, 4.69) is 36.5 Å². The molecule has 0 saturated carbocycles. The highest BCUT2D eigenvalue weighted by Crippen LogP contribution is 2.16. The van der Waals surface area contributed by atoms with Crippen LogP contribution in [0.2, 0.25) is 0 Å². The van der Waals surface area contributed by atoms with E-state index in [-0.39, 0.29) is 12.0 Å². The van der Waals surface area contributed by atoms with Gasteiger partial charge < -0.3 is 15.4 Å². The van der Waals surface area contributed by atoms with Crippen LogP contribution in [-0.2, 0) is 4.74 Å². The zero-order chi connectivity index (χ0) is 16.1. The van der Waals surface area contributed by atoms with Gasteiger partial charge in [0.15, 0.2) is 0 Å². The number of aromatic nitrogens is 2. The van der Waals surface area contributed by atoms with Crippen molar-refractivity contribution in [3.05, 3.63) is 46.7 Å². The number of nitrogens with one attached hydrogen (secondary N) is 2. The fourth-order valence-electron chi connectivity index (χ4n) is 2.34. The molecule has 6 nitrogen and oxygen atoms in total. The predicted octanol–water partition coefficient (Wildman–Crippen LogP) is 3.08. The van der Waals surface area contributed by atoms with E-state index in [1.807, 2.05) is 24.3 Å². The van der Waals surface area contributed by atoms with Gasteiger partial charge in [0.2, 0.25) is 5.95 Å². The van der Waals surface area contributed by atoms with E-state index in [0.717, 1.165) is 23.9 Å². The van der Waals surface area contributed by atoms with Gasteiger partial charge in [-0.3, -0.25) is 4.79 Å². The number of ether oxygens (including phenoxy) is 1. The van der Waals surface area contributed by atoms with E-state index in [4.69, 9.17) is 4.74 Å². The Balaban J connectivity index is 1.62. The van der Waals surface area contributed by atoms with Gasteiger partial charge in [0.25, 0.3) is 5.91 Å². The van der Waals surface area contributed by atoms with Crippen molar-refractivity contribution in [2.45, 2.75) is 18.9 Å². The van der Waals surface area contributed by atoms with Gasteiger partial charge in [0.05, 0.1) is 6.10 Å². The van der Waals surface area contributed by atoms with Crippen molar-refractivity contribution >= 4 is 33.5 Å². The molecule has 2 heterocycles. The van der Waals surface area contributed by atoms with Crippen LogP contribution in [0, 0.1) is 0 Å². The van der Waals surface area contributed by atoms with Crippen LogP contribution < -0.4 is 10.6 Å². The Morgan fingerprint density at radius 2 is 2.30 bits per heavy atom. The summed E-state index contributed by atoms with van der Waals surface area (Å²) < 4.78 is 6.44. The average Bonchev–Trinajstić information content (AvgIpc) is 3.07. The van der Waals surface area contributed by atoms with E-state index in [9.17, 15) is 4.79 Å². The van der Waals surface area contributed by atoms with Crippen LogP contribution in [-0.4, -0.2) is 35.1 Å². The Morgan fingerprint density at radius 3 is 3.09 bits per heavy atom. The maximum Gasteiger partial charge on any atom is 0.274 e. The second-order valence-corrected chi connectivity index (χ2v) is 6.16. The Hall–Kier alpha value is -1.99. The molecule has 1 fully saturated rings. The minimum absolute atomic E-state index is 0.192. The number of halogens is 1. The third kappa shape index (κ3) is 4.49. The average molecular weight is 377 g/mol. The molecular formula is C16H17BrN4O2. The van der Waals surface area contributed by atoms with Crippen LogP contribution in [0.5, 0.6) is 0 Å². The van der Waals surface area contributed by atoms with Crippen LogP contribution >= 0.6 is 15.9 Å². The van der Waals surface area contributed by atoms with Crippen molar-refractivity contribution in [1.29, 1.82) is 0 Å². The molecule has 0 aliphatic carbocycles. The normalized spacial score (nSPS) is 17.0. The Bertz CT molecular complexity index is 689. The topological polar surface area (TPSA) is 76.1 Å². The highest BCUT2D eigenvalue weighted by Gasteiger charge is 2.16. The van der Waals surface area contributed by atoms with Crippen molar-refractivity contribution in [3.8, 4) is 0 Å². The summed E-state index contributed by atoms with van der Waals surface area (Å²) in [5, 5.41) is 5.93. The molecule has 1 aromatic carbocycles. The minimum Gasteiger partial charge on any atom is -0.376 e. The zero-order valence-corrected chi connectivity index (χ0v) is 14.0. The monoisotopic (exact) mass is 376 g/mol. The number of anilines is 2. The fraction of sp³-hybridized carbons (Fsp3) is 0.312. The number of hydrogen-bond donors (Lipinski definition) is 2. The number of nitrogens with zero attached hydrogens (tertiary/aromatic N) is 2. The molecule has 1 aliphatic heterocycles. The molecule has 3 rings (SSSR count). The minimum atomic E-state index is -0.273. The molecule has 1 atom stereocenters. The van der Waals surface area contributed by atoms with Crippen LogP contribution in [0.4, 0.5) is 11.6 Å². The van der Waals surface area contributed by atoms with Gasteiger partial charge in [0.1, 0.15) is 5.69 Å². The van der Waals surface area contributed by atoms with Gasteiger partial charge in [-0.2, -0.15) is 0 Å². The maximum atomic E-state index is 12.3. The van der Waals surface area contributed by atoms with Crippen LogP contribution in [0.1, 0.15) is 23.3 Å². The molecule has 120 valence electrons. The van der Waals surface area contributed by atoms with Gasteiger partial charge in [-0.25, -0.2) is 9.97 Å². The van der Waals surface area contributed by atoms with Crippen molar-refractivity contribution in [1.82, 2.24) is 9.97 Å². The lowest BCUT2D eigenvalue weighted by Crippen LogP contribution is -2.21. The molecule has 0 bridgehead atoms. The van der Waals surface area contributed by atoms with E-state index in [1.165, 1.54) is 0 Å². The Kier molecular flexibility index (Phi) is 5.19. The largest absolute Gasteiger partial charge is 0.376 e. The van der Waals surface area contributed by atoms with Crippen molar-refractivity contribution in [3.63, 3.8) is 0 Å². The summed E-state index contributed by atoms with van der Waals surface area (Å²) in [4.78, 5) is 20.7. The molecule has 1 amide bonds. The van der Waals surface area contributed by atoms with Crippen LogP contribution in [0.3, 0.4) is 0 Å². The smallest absolute Gasteiger partial charge is 0.274 e. The predicted molar refractivity (Wildman–Crippen MR) is 91.6 cm³/mol. The van der Waals surface area contributed by atoms with Crippen LogP contribution in [0.15, 0.2) is 41.0 Å². The lowest BCUT2D eigenvalue weighted by Gasteiger charge is -2.11. The summed E-state index contributed by atoms with van der Waals surface area (Å²) in [6.45, 7) is 1.46. The number of carbonyl (C=O) groups excluding carboxylic acids is 1. The second-order valence-electron chi connectivity index (χ2n) is 5.25. The number of carbonyl (C=O) groups is 1. The summed E-state index contributed by atoms with van der Waals surface area (Å²) >= 11 is 3.37. The highest BCUT2D eigenvalue weighted by atomic mass is 79.9. The molecule has 1 unspecified atom stereocenters. The molecule has 7 heteroatoms. The Morgan fingerprint density at radius 1 is 1.39 bits per heavy atom. The quantitative estimate of drug-likeness (QED) is 0.838. The number of rotatable bonds is 5. The molecule has 0 radical (unpaired) electrons.